The van der Waals surface area contributed by atoms with Gasteiger partial charge in [-0.05, 0) is 39.9 Å². The first-order valence-corrected chi connectivity index (χ1v) is 9.32. The van der Waals surface area contributed by atoms with E-state index in [1.54, 1.807) is 18.6 Å². The lowest BCUT2D eigenvalue weighted by atomic mass is 9.96. The van der Waals surface area contributed by atoms with Crippen LogP contribution in [0.2, 0.25) is 0 Å². The van der Waals surface area contributed by atoms with Crippen LogP contribution in [0.4, 0.5) is 0 Å². The summed E-state index contributed by atoms with van der Waals surface area (Å²) in [4.78, 5) is 29.7. The Hall–Kier alpha value is -2.28. The van der Waals surface area contributed by atoms with Crippen LogP contribution < -0.4 is 0 Å². The number of hydrogen-bond donors (Lipinski definition) is 0. The van der Waals surface area contributed by atoms with Crippen LogP contribution in [0, 0.1) is 0 Å². The van der Waals surface area contributed by atoms with E-state index in [2.05, 4.69) is 44.7 Å². The van der Waals surface area contributed by atoms with E-state index in [0.29, 0.717) is 12.3 Å². The van der Waals surface area contributed by atoms with E-state index in [-0.39, 0.29) is 5.91 Å². The molecule has 1 amide bonds. The van der Waals surface area contributed by atoms with Gasteiger partial charge in [-0.2, -0.15) is 0 Å². The quantitative estimate of drug-likeness (QED) is 0.753. The number of amides is 1. The third-order valence-electron chi connectivity index (χ3n) is 4.84. The van der Waals surface area contributed by atoms with E-state index in [0.717, 1.165) is 57.0 Å². The molecule has 1 atom stereocenters. The molecular weight excluding hydrogens is 328 g/mol. The highest BCUT2D eigenvalue weighted by Gasteiger charge is 2.27. The standard InChI is InChI=1S/C19H28N6O/c1-23(2)9-4-11-24-12-8-22-19(24)16-5-3-10-25(15-16)18(26)13-17-14-20-6-7-21-17/h6-8,12,14,16H,3-5,9-11,13,15H2,1-2H3/t16-/m0/s1. The minimum absolute atomic E-state index is 0.126. The van der Waals surface area contributed by atoms with Gasteiger partial charge >= 0.3 is 0 Å². The number of hydrogen-bond acceptors (Lipinski definition) is 5. The van der Waals surface area contributed by atoms with Crippen LogP contribution in [0.5, 0.6) is 0 Å². The van der Waals surface area contributed by atoms with Crippen LogP contribution in [0.25, 0.3) is 0 Å². The molecule has 0 aromatic carbocycles. The van der Waals surface area contributed by atoms with Gasteiger partial charge in [-0.25, -0.2) is 4.98 Å². The summed E-state index contributed by atoms with van der Waals surface area (Å²) in [5.74, 6) is 1.55. The highest BCUT2D eigenvalue weighted by molar-refractivity contribution is 5.78. The Bertz CT molecular complexity index is 699. The topological polar surface area (TPSA) is 67.2 Å². The zero-order valence-electron chi connectivity index (χ0n) is 15.7. The Labute approximate surface area is 155 Å². The summed E-state index contributed by atoms with van der Waals surface area (Å²) in [5, 5.41) is 0. The number of rotatable bonds is 7. The average Bonchev–Trinajstić information content (AvgIpc) is 3.11. The molecule has 2 aromatic heterocycles. The number of piperidine rings is 1. The molecule has 140 valence electrons. The first kappa shape index (κ1) is 18.5. The lowest BCUT2D eigenvalue weighted by Gasteiger charge is -2.32. The van der Waals surface area contributed by atoms with E-state index < -0.39 is 0 Å². The predicted octanol–water partition coefficient (Wildman–Crippen LogP) is 1.57. The number of aryl methyl sites for hydroxylation is 1. The monoisotopic (exact) mass is 356 g/mol. The summed E-state index contributed by atoms with van der Waals surface area (Å²) in [6, 6.07) is 0. The summed E-state index contributed by atoms with van der Waals surface area (Å²) in [6.07, 6.45) is 12.4. The summed E-state index contributed by atoms with van der Waals surface area (Å²) >= 11 is 0. The third-order valence-corrected chi connectivity index (χ3v) is 4.84. The smallest absolute Gasteiger partial charge is 0.228 e. The van der Waals surface area contributed by atoms with Gasteiger partial charge in [0.2, 0.25) is 5.91 Å². The Morgan fingerprint density at radius 3 is 2.92 bits per heavy atom. The molecule has 1 aliphatic rings. The molecule has 0 spiro atoms. The zero-order valence-corrected chi connectivity index (χ0v) is 15.7. The molecule has 26 heavy (non-hydrogen) atoms. The highest BCUT2D eigenvalue weighted by atomic mass is 16.2. The van der Waals surface area contributed by atoms with Gasteiger partial charge in [0.1, 0.15) is 5.82 Å². The molecule has 7 nitrogen and oxygen atoms in total. The lowest BCUT2D eigenvalue weighted by molar-refractivity contribution is -0.131. The number of nitrogens with zero attached hydrogens (tertiary/aromatic N) is 6. The van der Waals surface area contributed by atoms with Crippen molar-refractivity contribution in [1.29, 1.82) is 0 Å². The van der Waals surface area contributed by atoms with Gasteiger partial charge in [0.05, 0.1) is 12.1 Å². The third kappa shape index (κ3) is 4.88. The first-order chi connectivity index (χ1) is 12.6. The Balaban J connectivity index is 1.60. The number of aromatic nitrogens is 4. The summed E-state index contributed by atoms with van der Waals surface area (Å²) in [6.45, 7) is 3.59. The second-order valence-corrected chi connectivity index (χ2v) is 7.19. The van der Waals surface area contributed by atoms with Crippen molar-refractivity contribution in [3.63, 3.8) is 0 Å². The van der Waals surface area contributed by atoms with E-state index in [1.807, 2.05) is 11.1 Å². The van der Waals surface area contributed by atoms with E-state index in [4.69, 9.17) is 0 Å². The maximum absolute atomic E-state index is 12.6. The fourth-order valence-corrected chi connectivity index (χ4v) is 3.53. The van der Waals surface area contributed by atoms with E-state index in [9.17, 15) is 4.79 Å². The van der Waals surface area contributed by atoms with Crippen molar-refractivity contribution in [2.45, 2.75) is 38.1 Å². The van der Waals surface area contributed by atoms with E-state index >= 15 is 0 Å². The van der Waals surface area contributed by atoms with Crippen LogP contribution in [0.15, 0.2) is 31.0 Å². The van der Waals surface area contributed by atoms with Gasteiger partial charge < -0.3 is 14.4 Å². The number of likely N-dealkylation sites (tertiary alicyclic amines) is 1. The van der Waals surface area contributed by atoms with Crippen LogP contribution in [-0.4, -0.2) is 69.0 Å². The largest absolute Gasteiger partial charge is 0.342 e. The number of carbonyl (C=O) groups excluding carboxylic acids is 1. The predicted molar refractivity (Wildman–Crippen MR) is 99.7 cm³/mol. The maximum Gasteiger partial charge on any atom is 0.228 e. The van der Waals surface area contributed by atoms with Crippen molar-refractivity contribution in [3.05, 3.63) is 42.5 Å². The van der Waals surface area contributed by atoms with Gasteiger partial charge in [-0.3, -0.25) is 14.8 Å². The van der Waals surface area contributed by atoms with E-state index in [1.165, 1.54) is 0 Å². The molecule has 1 fully saturated rings. The molecule has 0 unspecified atom stereocenters. The molecule has 0 bridgehead atoms. The van der Waals surface area contributed by atoms with Crippen molar-refractivity contribution in [1.82, 2.24) is 29.3 Å². The van der Waals surface area contributed by atoms with Gasteiger partial charge in [0, 0.05) is 56.5 Å². The molecule has 0 saturated carbocycles. The van der Waals surface area contributed by atoms with Crippen molar-refractivity contribution in [2.75, 3.05) is 33.7 Å². The van der Waals surface area contributed by atoms with Crippen LogP contribution in [0.3, 0.4) is 0 Å². The molecule has 7 heteroatoms. The summed E-state index contributed by atoms with van der Waals surface area (Å²) < 4.78 is 2.25. The van der Waals surface area contributed by atoms with Gasteiger partial charge in [0.15, 0.2) is 0 Å². The second-order valence-electron chi connectivity index (χ2n) is 7.19. The fraction of sp³-hybridized carbons (Fsp3) is 0.579. The van der Waals surface area contributed by atoms with Crippen LogP contribution in [-0.2, 0) is 17.8 Å². The maximum atomic E-state index is 12.6. The normalized spacial score (nSPS) is 17.7. The molecule has 3 heterocycles. The van der Waals surface area contributed by atoms with Crippen molar-refractivity contribution in [3.8, 4) is 0 Å². The second kappa shape index (κ2) is 8.89. The number of carbonyl (C=O) groups is 1. The molecule has 1 saturated heterocycles. The van der Waals surface area contributed by atoms with Crippen molar-refractivity contribution in [2.24, 2.45) is 0 Å². The minimum atomic E-state index is 0.126. The SMILES string of the molecule is CN(C)CCCn1ccnc1[C@H]1CCCN(C(=O)Cc2cnccn2)C1. The van der Waals surface area contributed by atoms with Crippen molar-refractivity contribution >= 4 is 5.91 Å². The molecular formula is C19H28N6O. The summed E-state index contributed by atoms with van der Waals surface area (Å²) in [7, 11) is 4.19. The Kier molecular flexibility index (Phi) is 6.33. The molecule has 0 radical (unpaired) electrons. The molecule has 3 rings (SSSR count). The summed E-state index contributed by atoms with van der Waals surface area (Å²) in [5.41, 5.74) is 0.727. The Morgan fingerprint density at radius 2 is 2.15 bits per heavy atom. The van der Waals surface area contributed by atoms with Crippen molar-refractivity contribution < 1.29 is 4.79 Å². The molecule has 0 aliphatic carbocycles. The molecule has 0 N–H and O–H groups in total. The highest BCUT2D eigenvalue weighted by Crippen LogP contribution is 2.26. The van der Waals surface area contributed by atoms with Gasteiger partial charge in [-0.15, -0.1) is 0 Å². The van der Waals surface area contributed by atoms with Gasteiger partial charge in [0.25, 0.3) is 0 Å². The van der Waals surface area contributed by atoms with Crippen LogP contribution >= 0.6 is 0 Å². The molecule has 2 aromatic rings. The number of imidazole rings is 1. The average molecular weight is 356 g/mol. The molecule has 1 aliphatic heterocycles. The zero-order chi connectivity index (χ0) is 18.4. The first-order valence-electron chi connectivity index (χ1n) is 9.32. The minimum Gasteiger partial charge on any atom is -0.342 e. The van der Waals surface area contributed by atoms with Crippen LogP contribution in [0.1, 0.15) is 36.7 Å². The lowest BCUT2D eigenvalue weighted by Crippen LogP contribution is -2.40. The van der Waals surface area contributed by atoms with Gasteiger partial charge in [-0.1, -0.05) is 0 Å². The fourth-order valence-electron chi connectivity index (χ4n) is 3.53. The Morgan fingerprint density at radius 1 is 1.27 bits per heavy atom.